The summed E-state index contributed by atoms with van der Waals surface area (Å²) in [7, 11) is 0. The Balaban J connectivity index is 2.09. The first kappa shape index (κ1) is 29.1. The number of carbonyl (C=O) groups excluding carboxylic acids is 3. The van der Waals surface area contributed by atoms with Gasteiger partial charge in [-0.2, -0.15) is 11.8 Å². The third-order valence-electron chi connectivity index (χ3n) is 5.71. The van der Waals surface area contributed by atoms with Crippen molar-refractivity contribution >= 4 is 46.4 Å². The molecule has 1 aromatic heterocycles. The highest BCUT2D eigenvalue weighted by Crippen LogP contribution is 2.19. The van der Waals surface area contributed by atoms with Crippen molar-refractivity contribution < 1.29 is 24.3 Å². The Morgan fingerprint density at radius 1 is 1.06 bits per heavy atom. The Labute approximate surface area is 214 Å². The predicted molar refractivity (Wildman–Crippen MR) is 140 cm³/mol. The second kappa shape index (κ2) is 15.1. The maximum Gasteiger partial charge on any atom is 0.326 e. The van der Waals surface area contributed by atoms with Gasteiger partial charge in [0.15, 0.2) is 0 Å². The zero-order chi connectivity index (χ0) is 26.5. The molecule has 0 spiro atoms. The fourth-order valence-electron chi connectivity index (χ4n) is 3.68. The first-order chi connectivity index (χ1) is 17.3. The summed E-state index contributed by atoms with van der Waals surface area (Å²) in [6.45, 7) is 0.145. The predicted octanol–water partition coefficient (Wildman–Crippen LogP) is 0.0902. The topological polar surface area (TPSA) is 192 Å². The van der Waals surface area contributed by atoms with Crippen LogP contribution in [0.5, 0.6) is 0 Å². The number of nitrogens with one attached hydrogen (secondary N) is 4. The molecule has 9 N–H and O–H groups in total. The van der Waals surface area contributed by atoms with E-state index < -0.39 is 41.8 Å². The highest BCUT2D eigenvalue weighted by molar-refractivity contribution is 7.98. The molecule has 0 aliphatic carbocycles. The summed E-state index contributed by atoms with van der Waals surface area (Å²) in [5.41, 5.74) is 13.0. The number of unbranched alkanes of at least 4 members (excludes halogenated alkanes) is 1. The number of H-pyrrole nitrogens is 1. The Kier molecular flexibility index (Phi) is 12.2. The first-order valence-corrected chi connectivity index (χ1v) is 13.3. The molecule has 3 unspecified atom stereocenters. The first-order valence-electron chi connectivity index (χ1n) is 11.9. The number of thioether (sulfide) groups is 1. The number of aliphatic carboxylic acids is 1. The SMILES string of the molecule is CSCCC(NC(=O)C(Cc1c[nH]c2ccccc12)NC(=O)CNC(=O)C(N)CCCCN)C(=O)O. The monoisotopic (exact) mass is 520 g/mol. The van der Waals surface area contributed by atoms with Crippen LogP contribution in [-0.2, 0) is 25.6 Å². The maximum absolute atomic E-state index is 13.1. The van der Waals surface area contributed by atoms with E-state index in [1.54, 1.807) is 6.20 Å². The lowest BCUT2D eigenvalue weighted by atomic mass is 10.0. The van der Waals surface area contributed by atoms with Crippen LogP contribution in [0.2, 0.25) is 0 Å². The number of carboxylic acid groups (broad SMARTS) is 1. The largest absolute Gasteiger partial charge is 0.480 e. The number of amides is 3. The van der Waals surface area contributed by atoms with Crippen molar-refractivity contribution in [1.29, 1.82) is 0 Å². The van der Waals surface area contributed by atoms with Gasteiger partial charge in [-0.25, -0.2) is 4.79 Å². The average Bonchev–Trinajstić information content (AvgIpc) is 3.27. The lowest BCUT2D eigenvalue weighted by molar-refractivity contribution is -0.142. The number of aromatic nitrogens is 1. The van der Waals surface area contributed by atoms with E-state index in [2.05, 4.69) is 20.9 Å². The molecule has 2 rings (SSSR count). The summed E-state index contributed by atoms with van der Waals surface area (Å²) in [6, 6.07) is 4.62. The Morgan fingerprint density at radius 2 is 1.81 bits per heavy atom. The molecule has 3 atom stereocenters. The standard InChI is InChI=1S/C24H36N6O5S/c1-36-11-9-19(24(34)35)30-23(33)20(12-15-13-27-18-8-3-2-6-16(15)18)29-21(31)14-28-22(32)17(26)7-4-5-10-25/h2-3,6,8,13,17,19-20,27H,4-5,7,9-12,14,25-26H2,1H3,(H,28,32)(H,29,31)(H,30,33)(H,34,35). The number of benzene rings is 1. The zero-order valence-corrected chi connectivity index (χ0v) is 21.2. The fourth-order valence-corrected chi connectivity index (χ4v) is 4.15. The van der Waals surface area contributed by atoms with Crippen molar-refractivity contribution in [3.05, 3.63) is 36.0 Å². The molecule has 0 saturated heterocycles. The van der Waals surface area contributed by atoms with Crippen molar-refractivity contribution in [2.75, 3.05) is 25.1 Å². The molecule has 0 radical (unpaired) electrons. The summed E-state index contributed by atoms with van der Waals surface area (Å²) in [6.07, 6.45) is 5.87. The molecular formula is C24H36N6O5S. The third-order valence-corrected chi connectivity index (χ3v) is 6.35. The van der Waals surface area contributed by atoms with Crippen LogP contribution in [-0.4, -0.2) is 77.0 Å². The van der Waals surface area contributed by atoms with Crippen molar-refractivity contribution in [3.8, 4) is 0 Å². The van der Waals surface area contributed by atoms with Crippen LogP contribution >= 0.6 is 11.8 Å². The Bertz CT molecular complexity index is 1030. The molecule has 36 heavy (non-hydrogen) atoms. The van der Waals surface area contributed by atoms with Crippen LogP contribution < -0.4 is 27.4 Å². The smallest absolute Gasteiger partial charge is 0.326 e. The van der Waals surface area contributed by atoms with E-state index in [-0.39, 0.29) is 19.4 Å². The van der Waals surface area contributed by atoms with E-state index in [0.29, 0.717) is 25.1 Å². The summed E-state index contributed by atoms with van der Waals surface area (Å²) >= 11 is 1.47. The minimum absolute atomic E-state index is 0.128. The maximum atomic E-state index is 13.1. The van der Waals surface area contributed by atoms with Gasteiger partial charge in [0.1, 0.15) is 12.1 Å². The number of nitrogens with two attached hydrogens (primary N) is 2. The number of aromatic amines is 1. The molecule has 1 heterocycles. The van der Waals surface area contributed by atoms with Crippen LogP contribution in [0.4, 0.5) is 0 Å². The average molecular weight is 521 g/mol. The van der Waals surface area contributed by atoms with Crippen molar-refractivity contribution in [2.24, 2.45) is 11.5 Å². The van der Waals surface area contributed by atoms with Crippen LogP contribution in [0.1, 0.15) is 31.2 Å². The number of carboxylic acids is 1. The Hall–Kier alpha value is -3.09. The normalized spacial score (nSPS) is 13.5. The molecule has 1 aromatic carbocycles. The van der Waals surface area contributed by atoms with Gasteiger partial charge in [0.05, 0.1) is 12.6 Å². The van der Waals surface area contributed by atoms with Crippen LogP contribution in [0.25, 0.3) is 10.9 Å². The van der Waals surface area contributed by atoms with Gasteiger partial charge in [-0.1, -0.05) is 24.6 Å². The zero-order valence-electron chi connectivity index (χ0n) is 20.4. The lowest BCUT2D eigenvalue weighted by Crippen LogP contribution is -2.54. The van der Waals surface area contributed by atoms with E-state index in [9.17, 15) is 24.3 Å². The van der Waals surface area contributed by atoms with E-state index in [0.717, 1.165) is 22.9 Å². The van der Waals surface area contributed by atoms with Gasteiger partial charge in [0.2, 0.25) is 17.7 Å². The summed E-state index contributed by atoms with van der Waals surface area (Å²) in [5.74, 6) is -2.28. The van der Waals surface area contributed by atoms with Gasteiger partial charge >= 0.3 is 5.97 Å². The molecule has 2 aromatic rings. The molecule has 0 fully saturated rings. The van der Waals surface area contributed by atoms with E-state index in [1.165, 1.54) is 11.8 Å². The van der Waals surface area contributed by atoms with Crippen molar-refractivity contribution in [3.63, 3.8) is 0 Å². The summed E-state index contributed by atoms with van der Waals surface area (Å²) < 4.78 is 0. The molecule has 12 heteroatoms. The highest BCUT2D eigenvalue weighted by atomic mass is 32.2. The van der Waals surface area contributed by atoms with E-state index in [1.807, 2.05) is 30.5 Å². The Morgan fingerprint density at radius 3 is 2.50 bits per heavy atom. The molecule has 0 saturated carbocycles. The minimum atomic E-state index is -1.15. The van der Waals surface area contributed by atoms with Crippen LogP contribution in [0.15, 0.2) is 30.5 Å². The lowest BCUT2D eigenvalue weighted by Gasteiger charge is -2.22. The molecule has 0 aliphatic rings. The highest BCUT2D eigenvalue weighted by Gasteiger charge is 2.27. The second-order valence-corrected chi connectivity index (χ2v) is 9.46. The second-order valence-electron chi connectivity index (χ2n) is 8.47. The quantitative estimate of drug-likeness (QED) is 0.151. The number of rotatable bonds is 16. The van der Waals surface area contributed by atoms with Crippen molar-refractivity contribution in [1.82, 2.24) is 20.9 Å². The van der Waals surface area contributed by atoms with Crippen molar-refractivity contribution in [2.45, 2.75) is 50.2 Å². The van der Waals surface area contributed by atoms with Crippen LogP contribution in [0, 0.1) is 0 Å². The summed E-state index contributed by atoms with van der Waals surface area (Å²) in [5, 5.41) is 18.0. The number of hydrogen-bond acceptors (Lipinski definition) is 7. The van der Waals surface area contributed by atoms with Gasteiger partial charge in [-0.3, -0.25) is 14.4 Å². The van der Waals surface area contributed by atoms with Gasteiger partial charge in [-0.05, 0) is 49.4 Å². The van der Waals surface area contributed by atoms with Crippen LogP contribution in [0.3, 0.4) is 0 Å². The minimum Gasteiger partial charge on any atom is -0.480 e. The van der Waals surface area contributed by atoms with Gasteiger partial charge < -0.3 is 37.5 Å². The molecule has 3 amide bonds. The molecule has 198 valence electrons. The molecule has 0 bridgehead atoms. The van der Waals surface area contributed by atoms with Gasteiger partial charge in [0.25, 0.3) is 0 Å². The van der Waals surface area contributed by atoms with Gasteiger partial charge in [0, 0.05) is 23.5 Å². The number of hydrogen-bond donors (Lipinski definition) is 7. The van der Waals surface area contributed by atoms with E-state index >= 15 is 0 Å². The number of para-hydroxylation sites is 1. The number of fused-ring (bicyclic) bond motifs is 1. The molecular weight excluding hydrogens is 484 g/mol. The fraction of sp³-hybridized carbons (Fsp3) is 0.500. The molecule has 11 nitrogen and oxygen atoms in total. The molecule has 0 aliphatic heterocycles. The van der Waals surface area contributed by atoms with E-state index in [4.69, 9.17) is 11.5 Å². The third kappa shape index (κ3) is 9.17. The number of carbonyl (C=O) groups is 4. The van der Waals surface area contributed by atoms with Gasteiger partial charge in [-0.15, -0.1) is 0 Å². The summed E-state index contributed by atoms with van der Waals surface area (Å²) in [4.78, 5) is 52.7.